The third-order valence-electron chi connectivity index (χ3n) is 2.92. The smallest absolute Gasteiger partial charge is 1.00 e. The van der Waals surface area contributed by atoms with Gasteiger partial charge in [0.15, 0.2) is 0 Å². The second-order valence-electron chi connectivity index (χ2n) is 3.80. The van der Waals surface area contributed by atoms with Crippen molar-refractivity contribution in [1.82, 2.24) is 0 Å². The van der Waals surface area contributed by atoms with E-state index in [-0.39, 0.29) is 48.0 Å². The number of rotatable bonds is 0. The van der Waals surface area contributed by atoms with Gasteiger partial charge in [0.25, 0.3) is 0 Å². The first-order valence-electron chi connectivity index (χ1n) is 3.93. The van der Waals surface area contributed by atoms with E-state index in [2.05, 4.69) is 34.6 Å². The molecule has 0 spiro atoms. The van der Waals surface area contributed by atoms with Gasteiger partial charge in [0.05, 0.1) is 0 Å². The number of halogens is 2. The van der Waals surface area contributed by atoms with Gasteiger partial charge in [-0.3, -0.25) is 0 Å². The maximum absolute atomic E-state index is 2.31. The molecule has 0 fully saturated rings. The Hall–Kier alpha value is 1.58. The van der Waals surface area contributed by atoms with Crippen molar-refractivity contribution in [3.63, 3.8) is 0 Å². The molecule has 13 heavy (non-hydrogen) atoms. The minimum absolute atomic E-state index is 0. The van der Waals surface area contributed by atoms with E-state index in [1.807, 2.05) is 18.6 Å². The van der Waals surface area contributed by atoms with Crippen molar-refractivity contribution in [2.75, 3.05) is 0 Å². The molecule has 0 saturated heterocycles. The van der Waals surface area contributed by atoms with E-state index in [0.717, 1.165) is 0 Å². The van der Waals surface area contributed by atoms with Crippen LogP contribution in [0.2, 0.25) is 0 Å². The fourth-order valence-electron chi connectivity index (χ4n) is 1.54. The maximum atomic E-state index is 2.31. The topological polar surface area (TPSA) is 0 Å². The summed E-state index contributed by atoms with van der Waals surface area (Å²) in [6.45, 7) is 11.3. The summed E-state index contributed by atoms with van der Waals surface area (Å²) in [5.74, 6) is 0. The number of allylic oxidation sites excluding steroid dienone is 4. The van der Waals surface area contributed by atoms with Crippen LogP contribution in [0.15, 0.2) is 20.8 Å². The van der Waals surface area contributed by atoms with E-state index in [9.17, 15) is 0 Å². The van der Waals surface area contributed by atoms with Gasteiger partial charge in [-0.1, -0.05) is 0 Å². The molecule has 0 aromatic heterocycles. The SMILES string of the molecule is CC1=C(C)C(C)(C)[C]([Os+2])=C1C.[I-].[I-]. The zero-order chi connectivity index (χ0) is 8.81. The van der Waals surface area contributed by atoms with E-state index >= 15 is 0 Å². The molecule has 1 rings (SSSR count). The van der Waals surface area contributed by atoms with Gasteiger partial charge in [0.2, 0.25) is 0 Å². The van der Waals surface area contributed by atoms with Gasteiger partial charge in [0, 0.05) is 0 Å². The van der Waals surface area contributed by atoms with Crippen LogP contribution in [0.1, 0.15) is 34.6 Å². The van der Waals surface area contributed by atoms with Gasteiger partial charge in [-0.15, -0.1) is 0 Å². The molecule has 0 amide bonds. The molecule has 0 nitrogen and oxygen atoms in total. The van der Waals surface area contributed by atoms with Crippen LogP contribution in [0.4, 0.5) is 0 Å². The second kappa shape index (κ2) is 5.60. The minimum atomic E-state index is 0. The van der Waals surface area contributed by atoms with E-state index in [0.29, 0.717) is 5.41 Å². The molecular weight excluding hydrogens is 564 g/mol. The molecule has 0 bridgehead atoms. The molecule has 0 heterocycles. The Morgan fingerprint density at radius 2 is 1.31 bits per heavy atom. The van der Waals surface area contributed by atoms with E-state index in [1.165, 1.54) is 11.1 Å². The fraction of sp³-hybridized carbons (Fsp3) is 0.600. The van der Waals surface area contributed by atoms with Gasteiger partial charge < -0.3 is 48.0 Å². The summed E-state index contributed by atoms with van der Waals surface area (Å²) in [6, 6.07) is 0. The van der Waals surface area contributed by atoms with Crippen LogP contribution in [0, 0.1) is 5.41 Å². The maximum Gasteiger partial charge on any atom is -1.00 e. The molecule has 77 valence electrons. The molecule has 0 atom stereocenters. The van der Waals surface area contributed by atoms with Gasteiger partial charge in [0.1, 0.15) is 0 Å². The molecule has 0 radical (unpaired) electrons. The van der Waals surface area contributed by atoms with Crippen molar-refractivity contribution < 1.29 is 66.6 Å². The summed E-state index contributed by atoms with van der Waals surface area (Å²) in [4.78, 5) is 0. The Kier molecular flexibility index (Phi) is 7.32. The Morgan fingerprint density at radius 1 is 0.923 bits per heavy atom. The summed E-state index contributed by atoms with van der Waals surface area (Å²) in [5, 5.41) is 0. The van der Waals surface area contributed by atoms with Crippen molar-refractivity contribution in [2.45, 2.75) is 34.6 Å². The third-order valence-corrected chi connectivity index (χ3v) is 5.46. The first kappa shape index (κ1) is 17.0. The number of hydrogen-bond donors (Lipinski definition) is 0. The van der Waals surface area contributed by atoms with E-state index in [1.54, 1.807) is 9.70 Å². The summed E-state index contributed by atoms with van der Waals surface area (Å²) in [5.41, 5.74) is 4.87. The fourth-order valence-corrected chi connectivity index (χ4v) is 2.49. The van der Waals surface area contributed by atoms with Gasteiger partial charge in [-0.25, -0.2) is 0 Å². The molecule has 0 unspecified atom stereocenters. The normalized spacial score (nSPS) is 19.8. The first-order chi connectivity index (χ1) is 4.89. The standard InChI is InChI=1S/C10H15.2HI.Os/c1-7-6-10(4,5)9(3)8(7)2;;;/h1-5H3;2*1H;/q;;;+2/p-2. The predicted octanol–water partition coefficient (Wildman–Crippen LogP) is -2.81. The molecular formula is C10H15I2Os. The molecule has 0 N–H and O–H groups in total. The average Bonchev–Trinajstić information content (AvgIpc) is 2.06. The zero-order valence-corrected chi connectivity index (χ0v) is 15.5. The summed E-state index contributed by atoms with van der Waals surface area (Å²) >= 11 is 2.04. The monoisotopic (exact) mass is 581 g/mol. The molecule has 1 aliphatic rings. The average molecular weight is 579 g/mol. The molecule has 3 heteroatoms. The van der Waals surface area contributed by atoms with Gasteiger partial charge >= 0.3 is 79.5 Å². The predicted molar refractivity (Wildman–Crippen MR) is 44.9 cm³/mol. The van der Waals surface area contributed by atoms with E-state index < -0.39 is 0 Å². The summed E-state index contributed by atoms with van der Waals surface area (Å²) < 4.78 is 1.56. The van der Waals surface area contributed by atoms with Crippen molar-refractivity contribution in [2.24, 2.45) is 5.41 Å². The van der Waals surface area contributed by atoms with Crippen molar-refractivity contribution in [3.05, 3.63) is 20.8 Å². The van der Waals surface area contributed by atoms with Crippen molar-refractivity contribution in [3.8, 4) is 0 Å². The first-order valence-corrected chi connectivity index (χ1v) is 5.20. The van der Waals surface area contributed by atoms with Crippen LogP contribution in [0.3, 0.4) is 0 Å². The van der Waals surface area contributed by atoms with Crippen LogP contribution < -0.4 is 48.0 Å². The van der Waals surface area contributed by atoms with Gasteiger partial charge in [-0.2, -0.15) is 0 Å². The van der Waals surface area contributed by atoms with Crippen molar-refractivity contribution in [1.29, 1.82) is 0 Å². The molecule has 0 saturated carbocycles. The Bertz CT molecular complexity index is 236. The third kappa shape index (κ3) is 2.78. The van der Waals surface area contributed by atoms with Crippen LogP contribution in [-0.2, 0) is 18.6 Å². The quantitative estimate of drug-likeness (QED) is 0.272. The van der Waals surface area contributed by atoms with Gasteiger partial charge in [-0.05, 0) is 0 Å². The second-order valence-corrected chi connectivity index (χ2v) is 5.07. The van der Waals surface area contributed by atoms with E-state index in [4.69, 9.17) is 0 Å². The molecule has 1 aliphatic carbocycles. The van der Waals surface area contributed by atoms with Crippen LogP contribution >= 0.6 is 0 Å². The molecule has 0 aliphatic heterocycles. The van der Waals surface area contributed by atoms with Crippen molar-refractivity contribution >= 4 is 0 Å². The Balaban J connectivity index is 0. The largest absolute Gasteiger partial charge is 1.00 e. The summed E-state index contributed by atoms with van der Waals surface area (Å²) in [6.07, 6.45) is 0. The Labute approximate surface area is 126 Å². The molecule has 0 aromatic rings. The van der Waals surface area contributed by atoms with Crippen LogP contribution in [0.5, 0.6) is 0 Å². The summed E-state index contributed by atoms with van der Waals surface area (Å²) in [7, 11) is 0. The van der Waals surface area contributed by atoms with Crippen LogP contribution in [0.25, 0.3) is 0 Å². The van der Waals surface area contributed by atoms with Crippen LogP contribution in [-0.4, -0.2) is 0 Å². The zero-order valence-electron chi connectivity index (χ0n) is 8.61. The molecule has 0 aromatic carbocycles. The Morgan fingerprint density at radius 3 is 1.38 bits per heavy atom. The number of hydrogen-bond acceptors (Lipinski definition) is 0. The minimum Gasteiger partial charge on any atom is -1.00 e.